The summed E-state index contributed by atoms with van der Waals surface area (Å²) >= 11 is 0. The molecule has 8 heteroatoms. The van der Waals surface area contributed by atoms with Gasteiger partial charge in [0, 0.05) is 29.6 Å². The molecule has 3 aromatic rings. The van der Waals surface area contributed by atoms with E-state index in [1.165, 1.54) is 19.3 Å². The second kappa shape index (κ2) is 9.06. The standard InChI is InChI=1S/C22H30N6O2/c1-15-10-16(2)19-12-17(22(30)23-20(19)11-15)13-27(8-9-29)14-21-24-25-26-28(21)18-6-4-3-5-7-18/h10-12,18,29H,3-9,13-14H2,1-2H3,(H,23,30). The minimum atomic E-state index is -0.0951. The monoisotopic (exact) mass is 410 g/mol. The normalized spacial score (nSPS) is 15.3. The Morgan fingerprint density at radius 1 is 1.17 bits per heavy atom. The molecule has 2 aromatic heterocycles. The van der Waals surface area contributed by atoms with Crippen molar-refractivity contribution >= 4 is 10.9 Å². The van der Waals surface area contributed by atoms with Crippen LogP contribution in [0.25, 0.3) is 10.9 Å². The summed E-state index contributed by atoms with van der Waals surface area (Å²) in [4.78, 5) is 17.8. The number of rotatable bonds is 7. The number of aliphatic hydroxyl groups is 1. The maximum atomic E-state index is 12.7. The number of aromatic nitrogens is 5. The lowest BCUT2D eigenvalue weighted by atomic mass is 9.95. The fraction of sp³-hybridized carbons (Fsp3) is 0.545. The van der Waals surface area contributed by atoms with E-state index in [0.29, 0.717) is 31.2 Å². The third-order valence-corrected chi connectivity index (χ3v) is 6.05. The highest BCUT2D eigenvalue weighted by Crippen LogP contribution is 2.28. The Bertz CT molecular complexity index is 1070. The Morgan fingerprint density at radius 2 is 1.97 bits per heavy atom. The van der Waals surface area contributed by atoms with Gasteiger partial charge in [0.2, 0.25) is 0 Å². The molecule has 1 aliphatic carbocycles. The number of aliphatic hydroxyl groups excluding tert-OH is 1. The largest absolute Gasteiger partial charge is 0.395 e. The summed E-state index contributed by atoms with van der Waals surface area (Å²) in [5.74, 6) is 0.791. The molecule has 0 radical (unpaired) electrons. The van der Waals surface area contributed by atoms with Gasteiger partial charge in [-0.2, -0.15) is 0 Å². The fourth-order valence-electron chi connectivity index (χ4n) is 4.56. The van der Waals surface area contributed by atoms with Crippen molar-refractivity contribution in [3.8, 4) is 0 Å². The van der Waals surface area contributed by atoms with Crippen LogP contribution in [0.1, 0.15) is 60.7 Å². The maximum absolute atomic E-state index is 12.7. The highest BCUT2D eigenvalue weighted by molar-refractivity contribution is 5.83. The predicted octanol–water partition coefficient (Wildman–Crippen LogP) is 2.63. The summed E-state index contributed by atoms with van der Waals surface area (Å²) in [6, 6.07) is 6.43. The van der Waals surface area contributed by atoms with E-state index in [-0.39, 0.29) is 12.2 Å². The van der Waals surface area contributed by atoms with Gasteiger partial charge >= 0.3 is 0 Å². The number of nitrogens with one attached hydrogen (secondary N) is 1. The van der Waals surface area contributed by atoms with Crippen LogP contribution in [0.5, 0.6) is 0 Å². The van der Waals surface area contributed by atoms with E-state index in [9.17, 15) is 9.90 Å². The van der Waals surface area contributed by atoms with Crippen LogP contribution in [0.15, 0.2) is 23.0 Å². The summed E-state index contributed by atoms with van der Waals surface area (Å²) in [5, 5.41) is 23.0. The molecular weight excluding hydrogens is 380 g/mol. The highest BCUT2D eigenvalue weighted by atomic mass is 16.3. The molecule has 0 amide bonds. The smallest absolute Gasteiger partial charge is 0.252 e. The van der Waals surface area contributed by atoms with Crippen LogP contribution in [0.4, 0.5) is 0 Å². The average molecular weight is 411 g/mol. The number of hydrogen-bond acceptors (Lipinski definition) is 6. The number of H-pyrrole nitrogens is 1. The molecule has 2 N–H and O–H groups in total. The van der Waals surface area contributed by atoms with Crippen molar-refractivity contribution in [2.24, 2.45) is 0 Å². The summed E-state index contributed by atoms with van der Waals surface area (Å²) in [5.41, 5.74) is 3.70. The molecule has 1 aliphatic rings. The van der Waals surface area contributed by atoms with Gasteiger partial charge < -0.3 is 10.1 Å². The number of aromatic amines is 1. The van der Waals surface area contributed by atoms with Crippen molar-refractivity contribution in [1.29, 1.82) is 0 Å². The molecule has 0 bridgehead atoms. The minimum Gasteiger partial charge on any atom is -0.395 e. The number of nitrogens with zero attached hydrogens (tertiary/aromatic N) is 5. The van der Waals surface area contributed by atoms with Crippen molar-refractivity contribution in [2.45, 2.75) is 65.1 Å². The third kappa shape index (κ3) is 4.44. The maximum Gasteiger partial charge on any atom is 0.252 e. The second-order valence-corrected chi connectivity index (χ2v) is 8.43. The molecule has 1 fully saturated rings. The number of benzene rings is 1. The molecule has 4 rings (SSSR count). The van der Waals surface area contributed by atoms with Crippen LogP contribution in [0.3, 0.4) is 0 Å². The highest BCUT2D eigenvalue weighted by Gasteiger charge is 2.22. The second-order valence-electron chi connectivity index (χ2n) is 8.43. The number of aryl methyl sites for hydroxylation is 2. The number of tetrazole rings is 1. The molecule has 0 saturated heterocycles. The molecule has 2 heterocycles. The van der Waals surface area contributed by atoms with Crippen LogP contribution in [-0.2, 0) is 13.1 Å². The zero-order chi connectivity index (χ0) is 21.1. The lowest BCUT2D eigenvalue weighted by molar-refractivity contribution is 0.175. The Hall–Kier alpha value is -2.58. The van der Waals surface area contributed by atoms with E-state index in [0.717, 1.165) is 40.7 Å². The van der Waals surface area contributed by atoms with Gasteiger partial charge in [0.25, 0.3) is 5.56 Å². The first-order valence-electron chi connectivity index (χ1n) is 10.8. The zero-order valence-corrected chi connectivity index (χ0v) is 17.8. The van der Waals surface area contributed by atoms with E-state index in [2.05, 4.69) is 33.5 Å². The number of fused-ring (bicyclic) bond motifs is 1. The molecule has 1 saturated carbocycles. The Kier molecular flexibility index (Phi) is 6.24. The van der Waals surface area contributed by atoms with Crippen molar-refractivity contribution in [2.75, 3.05) is 13.2 Å². The first-order valence-corrected chi connectivity index (χ1v) is 10.8. The molecule has 0 unspecified atom stereocenters. The number of hydrogen-bond donors (Lipinski definition) is 2. The summed E-state index contributed by atoms with van der Waals surface area (Å²) in [7, 11) is 0. The Labute approximate surface area is 175 Å². The Morgan fingerprint density at radius 3 is 2.73 bits per heavy atom. The van der Waals surface area contributed by atoms with Gasteiger partial charge in [-0.3, -0.25) is 9.69 Å². The van der Waals surface area contributed by atoms with Crippen molar-refractivity contribution in [3.63, 3.8) is 0 Å². The lowest BCUT2D eigenvalue weighted by Gasteiger charge is -2.25. The van der Waals surface area contributed by atoms with Crippen LogP contribution in [0, 0.1) is 13.8 Å². The van der Waals surface area contributed by atoms with E-state index < -0.39 is 0 Å². The van der Waals surface area contributed by atoms with Gasteiger partial charge in [0.1, 0.15) is 0 Å². The summed E-state index contributed by atoms with van der Waals surface area (Å²) in [6.45, 7) is 5.46. The molecule has 8 nitrogen and oxygen atoms in total. The summed E-state index contributed by atoms with van der Waals surface area (Å²) < 4.78 is 1.95. The van der Waals surface area contributed by atoms with Crippen molar-refractivity contribution < 1.29 is 5.11 Å². The van der Waals surface area contributed by atoms with Gasteiger partial charge in [0.15, 0.2) is 5.82 Å². The van der Waals surface area contributed by atoms with Crippen LogP contribution in [-0.4, -0.2) is 48.3 Å². The van der Waals surface area contributed by atoms with Crippen molar-refractivity contribution in [3.05, 3.63) is 51.1 Å². The van der Waals surface area contributed by atoms with Gasteiger partial charge in [-0.15, -0.1) is 5.10 Å². The zero-order valence-electron chi connectivity index (χ0n) is 17.8. The molecule has 0 aliphatic heterocycles. The van der Waals surface area contributed by atoms with Gasteiger partial charge in [-0.05, 0) is 60.4 Å². The van der Waals surface area contributed by atoms with E-state index in [4.69, 9.17) is 0 Å². The molecule has 30 heavy (non-hydrogen) atoms. The van der Waals surface area contributed by atoms with Gasteiger partial charge in [-0.1, -0.05) is 25.3 Å². The SMILES string of the molecule is Cc1cc(C)c2cc(CN(CCO)Cc3nnnn3C3CCCCC3)c(=O)[nH]c2c1. The minimum absolute atomic E-state index is 0.00863. The first kappa shape index (κ1) is 20.7. The molecule has 160 valence electrons. The van der Waals surface area contributed by atoms with Gasteiger partial charge in [-0.25, -0.2) is 4.68 Å². The van der Waals surface area contributed by atoms with E-state index >= 15 is 0 Å². The molecule has 0 spiro atoms. The summed E-state index contributed by atoms with van der Waals surface area (Å²) in [6.07, 6.45) is 5.88. The van der Waals surface area contributed by atoms with Crippen LogP contribution >= 0.6 is 0 Å². The lowest BCUT2D eigenvalue weighted by Crippen LogP contribution is -2.31. The topological polar surface area (TPSA) is 99.9 Å². The molecule has 0 atom stereocenters. The van der Waals surface area contributed by atoms with E-state index in [1.807, 2.05) is 28.6 Å². The Balaban J connectivity index is 1.58. The van der Waals surface area contributed by atoms with Crippen LogP contribution < -0.4 is 5.56 Å². The van der Waals surface area contributed by atoms with E-state index in [1.54, 1.807) is 0 Å². The first-order chi connectivity index (χ1) is 14.5. The quantitative estimate of drug-likeness (QED) is 0.621. The average Bonchev–Trinajstić information content (AvgIpc) is 3.18. The fourth-order valence-corrected chi connectivity index (χ4v) is 4.56. The third-order valence-electron chi connectivity index (χ3n) is 6.05. The molecular formula is C22H30N6O2. The molecule has 1 aromatic carbocycles. The van der Waals surface area contributed by atoms with Crippen LogP contribution in [0.2, 0.25) is 0 Å². The predicted molar refractivity (Wildman–Crippen MR) is 115 cm³/mol. The number of pyridine rings is 1. The van der Waals surface area contributed by atoms with Gasteiger partial charge in [0.05, 0.1) is 19.2 Å². The van der Waals surface area contributed by atoms with Crippen molar-refractivity contribution in [1.82, 2.24) is 30.1 Å².